The van der Waals surface area contributed by atoms with Crippen LogP contribution < -0.4 is 0 Å². The van der Waals surface area contributed by atoms with Crippen LogP contribution in [0, 0.1) is 0 Å². The molecule has 0 aromatic rings. The molecule has 0 saturated heterocycles. The van der Waals surface area contributed by atoms with E-state index in [0.29, 0.717) is 13.0 Å². The lowest BCUT2D eigenvalue weighted by molar-refractivity contribution is -0.134. The molecule has 0 bridgehead atoms. The number of aliphatic hydroxyl groups is 1. The second-order valence-corrected chi connectivity index (χ2v) is 5.61. The van der Waals surface area contributed by atoms with E-state index in [0.717, 1.165) is 32.1 Å². The van der Waals surface area contributed by atoms with Crippen LogP contribution in [0.2, 0.25) is 0 Å². The summed E-state index contributed by atoms with van der Waals surface area (Å²) in [6.07, 6.45) is 15.7. The zero-order chi connectivity index (χ0) is 15.8. The molecule has 21 heavy (non-hydrogen) atoms. The van der Waals surface area contributed by atoms with Crippen LogP contribution in [0.25, 0.3) is 0 Å². The Morgan fingerprint density at radius 3 is 1.52 bits per heavy atom. The number of carboxylic acid groups (broad SMARTS) is 1. The molecular weight excluding hydrogens is 271 g/mol. The quantitative estimate of drug-likeness (QED) is 0.331. The fourth-order valence-electron chi connectivity index (χ4n) is 2.34. The van der Waals surface area contributed by atoms with E-state index in [4.69, 9.17) is 10.2 Å². The number of allylic oxidation sites excluding steroid dienone is 1. The van der Waals surface area contributed by atoms with Crippen LogP contribution in [-0.4, -0.2) is 22.8 Å². The Morgan fingerprint density at radius 1 is 0.762 bits per heavy atom. The van der Waals surface area contributed by atoms with Gasteiger partial charge in [-0.1, -0.05) is 64.2 Å². The molecule has 0 aliphatic heterocycles. The number of unbranched alkanes of at least 4 members (excludes halogenated alkanes) is 12. The Labute approximate surface area is 128 Å². The number of hydrogen-bond acceptors (Lipinski definition) is 2. The zero-order valence-corrected chi connectivity index (χ0v) is 13.2. The molecule has 3 nitrogen and oxygen atoms in total. The van der Waals surface area contributed by atoms with Gasteiger partial charge in [-0.15, -0.1) is 0 Å². The largest absolute Gasteiger partial charge is 0.476 e. The predicted molar refractivity (Wildman–Crippen MR) is 83.9 cm³/mol. The van der Waals surface area contributed by atoms with E-state index in [9.17, 15) is 9.18 Å². The summed E-state index contributed by atoms with van der Waals surface area (Å²) >= 11 is 0. The number of carboxylic acids is 1. The van der Waals surface area contributed by atoms with Crippen molar-refractivity contribution < 1.29 is 19.4 Å². The smallest absolute Gasteiger partial charge is 0.364 e. The van der Waals surface area contributed by atoms with E-state index in [2.05, 4.69) is 0 Å². The van der Waals surface area contributed by atoms with Crippen molar-refractivity contribution in [2.75, 3.05) is 6.61 Å². The highest BCUT2D eigenvalue weighted by Gasteiger charge is 2.02. The minimum Gasteiger partial charge on any atom is -0.476 e. The lowest BCUT2D eigenvalue weighted by Gasteiger charge is -2.02. The Balaban J connectivity index is 3.12. The summed E-state index contributed by atoms with van der Waals surface area (Å²) in [5.74, 6) is -2.50. The molecule has 0 radical (unpaired) electrons. The van der Waals surface area contributed by atoms with Gasteiger partial charge < -0.3 is 10.2 Å². The third kappa shape index (κ3) is 15.3. The molecule has 0 aliphatic carbocycles. The van der Waals surface area contributed by atoms with Crippen molar-refractivity contribution in [2.45, 2.75) is 83.5 Å². The molecule has 0 heterocycles. The third-order valence-electron chi connectivity index (χ3n) is 3.64. The van der Waals surface area contributed by atoms with E-state index in [1.54, 1.807) is 0 Å². The van der Waals surface area contributed by atoms with Gasteiger partial charge in [0, 0.05) is 6.61 Å². The molecule has 0 aromatic carbocycles. The lowest BCUT2D eigenvalue weighted by atomic mass is 10.0. The minimum atomic E-state index is -1.47. The summed E-state index contributed by atoms with van der Waals surface area (Å²) in [5.41, 5.74) is 0. The van der Waals surface area contributed by atoms with Gasteiger partial charge in [-0.05, 0) is 25.3 Å². The highest BCUT2D eigenvalue weighted by Crippen LogP contribution is 2.13. The van der Waals surface area contributed by atoms with Crippen molar-refractivity contribution in [1.82, 2.24) is 0 Å². The predicted octanol–water partition coefficient (Wildman–Crippen LogP) is 4.99. The first-order valence-electron chi connectivity index (χ1n) is 8.38. The van der Waals surface area contributed by atoms with Gasteiger partial charge in [0.1, 0.15) is 0 Å². The fourth-order valence-corrected chi connectivity index (χ4v) is 2.34. The minimum absolute atomic E-state index is 0.318. The molecule has 124 valence electrons. The van der Waals surface area contributed by atoms with Crippen molar-refractivity contribution in [1.29, 1.82) is 0 Å². The van der Waals surface area contributed by atoms with Crippen molar-refractivity contribution in [2.24, 2.45) is 0 Å². The van der Waals surface area contributed by atoms with E-state index >= 15 is 0 Å². The summed E-state index contributed by atoms with van der Waals surface area (Å²) in [6.45, 7) is 0.318. The van der Waals surface area contributed by atoms with Gasteiger partial charge in [0.05, 0.1) is 0 Å². The molecule has 0 unspecified atom stereocenters. The second-order valence-electron chi connectivity index (χ2n) is 5.61. The molecule has 0 rings (SSSR count). The standard InChI is InChI=1S/C17H31FO3/c18-16(17(20)21)14-12-10-8-6-4-2-1-3-5-7-9-11-13-15-19/h14,19H,1-13,15H2,(H,20,21). The Hall–Kier alpha value is -0.900. The molecule has 0 atom stereocenters. The van der Waals surface area contributed by atoms with Crippen LogP contribution in [0.1, 0.15) is 83.5 Å². The van der Waals surface area contributed by atoms with Gasteiger partial charge in [-0.3, -0.25) is 0 Å². The van der Waals surface area contributed by atoms with Crippen LogP contribution in [0.3, 0.4) is 0 Å². The van der Waals surface area contributed by atoms with Crippen LogP contribution in [0.15, 0.2) is 11.9 Å². The number of halogens is 1. The number of aliphatic hydroxyl groups excluding tert-OH is 1. The maximum Gasteiger partial charge on any atom is 0.364 e. The van der Waals surface area contributed by atoms with E-state index in [1.165, 1.54) is 51.0 Å². The maximum atomic E-state index is 12.6. The average Bonchev–Trinajstić information content (AvgIpc) is 2.47. The SMILES string of the molecule is O=C(O)C(F)=CCCCCCCCCCCCCCCO. The highest BCUT2D eigenvalue weighted by molar-refractivity contribution is 5.83. The van der Waals surface area contributed by atoms with Gasteiger partial charge in [0.2, 0.25) is 5.83 Å². The molecule has 0 fully saturated rings. The van der Waals surface area contributed by atoms with Gasteiger partial charge >= 0.3 is 5.97 Å². The highest BCUT2D eigenvalue weighted by atomic mass is 19.1. The Kier molecular flexibility index (Phi) is 14.8. The van der Waals surface area contributed by atoms with Crippen LogP contribution >= 0.6 is 0 Å². The van der Waals surface area contributed by atoms with Gasteiger partial charge in [-0.25, -0.2) is 4.79 Å². The second kappa shape index (κ2) is 15.5. The van der Waals surface area contributed by atoms with Crippen molar-refractivity contribution in [3.8, 4) is 0 Å². The monoisotopic (exact) mass is 302 g/mol. The van der Waals surface area contributed by atoms with E-state index in [1.807, 2.05) is 0 Å². The fraction of sp³-hybridized carbons (Fsp3) is 0.824. The lowest BCUT2D eigenvalue weighted by Crippen LogP contribution is -1.94. The summed E-state index contributed by atoms with van der Waals surface area (Å²) in [5, 5.41) is 17.0. The first kappa shape index (κ1) is 20.1. The van der Waals surface area contributed by atoms with E-state index < -0.39 is 11.8 Å². The normalized spacial score (nSPS) is 11.8. The van der Waals surface area contributed by atoms with Gasteiger partial charge in [0.15, 0.2) is 0 Å². The topological polar surface area (TPSA) is 57.5 Å². The molecule has 0 spiro atoms. The van der Waals surface area contributed by atoms with E-state index in [-0.39, 0.29) is 0 Å². The van der Waals surface area contributed by atoms with Crippen molar-refractivity contribution >= 4 is 5.97 Å². The molecule has 0 aliphatic rings. The molecule has 0 saturated carbocycles. The summed E-state index contributed by atoms with van der Waals surface area (Å²) in [6, 6.07) is 0. The van der Waals surface area contributed by atoms with Crippen LogP contribution in [0.5, 0.6) is 0 Å². The molecular formula is C17H31FO3. The van der Waals surface area contributed by atoms with Crippen LogP contribution in [-0.2, 0) is 4.79 Å². The summed E-state index contributed by atoms with van der Waals surface area (Å²) in [7, 11) is 0. The average molecular weight is 302 g/mol. The Bertz CT molecular complexity index is 277. The number of carbonyl (C=O) groups is 1. The summed E-state index contributed by atoms with van der Waals surface area (Å²) < 4.78 is 12.6. The van der Waals surface area contributed by atoms with Gasteiger partial charge in [0.25, 0.3) is 0 Å². The molecule has 2 N–H and O–H groups in total. The summed E-state index contributed by atoms with van der Waals surface area (Å²) in [4.78, 5) is 10.2. The zero-order valence-electron chi connectivity index (χ0n) is 13.2. The van der Waals surface area contributed by atoms with Crippen molar-refractivity contribution in [3.63, 3.8) is 0 Å². The van der Waals surface area contributed by atoms with Crippen LogP contribution in [0.4, 0.5) is 4.39 Å². The maximum absolute atomic E-state index is 12.6. The van der Waals surface area contributed by atoms with Gasteiger partial charge in [-0.2, -0.15) is 4.39 Å². The molecule has 4 heteroatoms. The molecule has 0 aromatic heterocycles. The Morgan fingerprint density at radius 2 is 1.14 bits per heavy atom. The number of hydrogen-bond donors (Lipinski definition) is 2. The van der Waals surface area contributed by atoms with Crippen molar-refractivity contribution in [3.05, 3.63) is 11.9 Å². The number of rotatable bonds is 15. The first-order valence-corrected chi connectivity index (χ1v) is 8.38. The molecule has 0 amide bonds. The number of aliphatic carboxylic acids is 1. The first-order chi connectivity index (χ1) is 10.2. The third-order valence-corrected chi connectivity index (χ3v) is 3.64.